The molecule has 6 heteroatoms. The van der Waals surface area contributed by atoms with Gasteiger partial charge < -0.3 is 14.1 Å². The van der Waals surface area contributed by atoms with Gasteiger partial charge in [0.2, 0.25) is 0 Å². The van der Waals surface area contributed by atoms with Crippen LogP contribution >= 0.6 is 15.9 Å². The molecular formula is C14H21BrN2O3. The molecule has 20 heavy (non-hydrogen) atoms. The van der Waals surface area contributed by atoms with Gasteiger partial charge in [-0.25, -0.2) is 9.78 Å². The van der Waals surface area contributed by atoms with Crippen LogP contribution in [0.15, 0.2) is 15.3 Å². The molecule has 1 saturated heterocycles. The van der Waals surface area contributed by atoms with Crippen LogP contribution in [-0.2, 0) is 4.74 Å². The second-order valence-corrected chi connectivity index (χ2v) is 7.08. The Morgan fingerprint density at radius 2 is 2.20 bits per heavy atom. The lowest BCUT2D eigenvalue weighted by molar-refractivity contribution is 0.00869. The summed E-state index contributed by atoms with van der Waals surface area (Å²) in [5.41, 5.74) is -0.476. The molecule has 1 aromatic heterocycles. The van der Waals surface area contributed by atoms with Gasteiger partial charge in [0.25, 0.3) is 0 Å². The van der Waals surface area contributed by atoms with Crippen molar-refractivity contribution in [3.8, 4) is 0 Å². The van der Waals surface area contributed by atoms with E-state index in [9.17, 15) is 4.79 Å². The van der Waals surface area contributed by atoms with E-state index in [2.05, 4.69) is 20.9 Å². The van der Waals surface area contributed by atoms with Crippen LogP contribution in [-0.4, -0.2) is 34.2 Å². The van der Waals surface area contributed by atoms with E-state index in [0.717, 1.165) is 12.8 Å². The minimum atomic E-state index is -0.476. The summed E-state index contributed by atoms with van der Waals surface area (Å²) in [6.45, 7) is 8.27. The molecule has 0 aromatic carbocycles. The molecule has 0 saturated carbocycles. The Morgan fingerprint density at radius 3 is 2.75 bits per heavy atom. The molecule has 0 N–H and O–H groups in total. The third-order valence-corrected chi connectivity index (χ3v) is 3.72. The first-order valence-electron chi connectivity index (χ1n) is 6.87. The molecule has 1 aliphatic rings. The number of rotatable bonds is 1. The quantitative estimate of drug-likeness (QED) is 0.774. The van der Waals surface area contributed by atoms with Crippen molar-refractivity contribution in [1.29, 1.82) is 0 Å². The van der Waals surface area contributed by atoms with Crippen molar-refractivity contribution in [1.82, 2.24) is 9.88 Å². The van der Waals surface area contributed by atoms with Crippen LogP contribution in [0.2, 0.25) is 0 Å². The van der Waals surface area contributed by atoms with Crippen molar-refractivity contribution < 1.29 is 13.9 Å². The Kier molecular flexibility index (Phi) is 4.42. The van der Waals surface area contributed by atoms with Crippen molar-refractivity contribution in [2.75, 3.05) is 6.54 Å². The zero-order valence-electron chi connectivity index (χ0n) is 12.4. The summed E-state index contributed by atoms with van der Waals surface area (Å²) in [5, 5.41) is 0. The van der Waals surface area contributed by atoms with Gasteiger partial charge in [0.05, 0.1) is 5.92 Å². The van der Waals surface area contributed by atoms with E-state index < -0.39 is 5.60 Å². The number of nitrogens with zero attached hydrogens (tertiary/aromatic N) is 2. The lowest BCUT2D eigenvalue weighted by atomic mass is 9.94. The molecule has 5 nitrogen and oxygen atoms in total. The third-order valence-electron chi connectivity index (χ3n) is 3.35. The smallest absolute Gasteiger partial charge is 0.410 e. The van der Waals surface area contributed by atoms with Gasteiger partial charge in [0, 0.05) is 12.6 Å². The largest absolute Gasteiger partial charge is 0.447 e. The first kappa shape index (κ1) is 15.4. The fraction of sp³-hybridized carbons (Fsp3) is 0.714. The highest BCUT2D eigenvalue weighted by atomic mass is 79.9. The SMILES string of the molecule is C[C@@H]1CCC(c2nc(Br)co2)CN1C(=O)OC(C)(C)C. The number of carbonyl (C=O) groups excluding carboxylic acids is 1. The molecular weight excluding hydrogens is 324 g/mol. The van der Waals surface area contributed by atoms with Crippen molar-refractivity contribution in [3.05, 3.63) is 16.8 Å². The van der Waals surface area contributed by atoms with E-state index >= 15 is 0 Å². The van der Waals surface area contributed by atoms with Gasteiger partial charge in [-0.15, -0.1) is 0 Å². The summed E-state index contributed by atoms with van der Waals surface area (Å²) in [4.78, 5) is 18.3. The predicted molar refractivity (Wildman–Crippen MR) is 78.6 cm³/mol. The highest BCUT2D eigenvalue weighted by Crippen LogP contribution is 2.31. The van der Waals surface area contributed by atoms with Crippen LogP contribution in [0.3, 0.4) is 0 Å². The molecule has 0 spiro atoms. The zero-order chi connectivity index (χ0) is 14.9. The molecule has 0 radical (unpaired) electrons. The van der Waals surface area contributed by atoms with Crippen LogP contribution in [0.25, 0.3) is 0 Å². The van der Waals surface area contributed by atoms with Gasteiger partial charge in [-0.3, -0.25) is 0 Å². The molecule has 1 aliphatic heterocycles. The Bertz CT molecular complexity index is 481. The number of amides is 1. The first-order chi connectivity index (χ1) is 9.26. The number of halogens is 1. The summed E-state index contributed by atoms with van der Waals surface area (Å²) in [6.07, 6.45) is 3.20. The van der Waals surface area contributed by atoms with Gasteiger partial charge in [-0.05, 0) is 56.5 Å². The van der Waals surface area contributed by atoms with Gasteiger partial charge >= 0.3 is 6.09 Å². The first-order valence-corrected chi connectivity index (χ1v) is 7.66. The molecule has 0 aliphatic carbocycles. The third kappa shape index (κ3) is 3.75. The van der Waals surface area contributed by atoms with Crippen molar-refractivity contribution in [2.24, 2.45) is 0 Å². The molecule has 0 bridgehead atoms. The summed E-state index contributed by atoms with van der Waals surface area (Å²) >= 11 is 3.28. The maximum atomic E-state index is 12.2. The summed E-state index contributed by atoms with van der Waals surface area (Å²) in [5.74, 6) is 0.808. The van der Waals surface area contributed by atoms with Crippen LogP contribution in [0.1, 0.15) is 52.3 Å². The number of carbonyl (C=O) groups is 1. The number of likely N-dealkylation sites (tertiary alicyclic amines) is 1. The normalized spacial score (nSPS) is 23.8. The zero-order valence-corrected chi connectivity index (χ0v) is 13.9. The number of oxazole rings is 1. The molecule has 1 amide bonds. The second kappa shape index (κ2) is 5.76. The minimum absolute atomic E-state index is 0.130. The van der Waals surface area contributed by atoms with Crippen LogP contribution in [0, 0.1) is 0 Å². The Labute approximate surface area is 127 Å². The van der Waals surface area contributed by atoms with Crippen LogP contribution in [0.5, 0.6) is 0 Å². The number of ether oxygens (including phenoxy) is 1. The summed E-state index contributed by atoms with van der Waals surface area (Å²) in [7, 11) is 0. The highest BCUT2D eigenvalue weighted by Gasteiger charge is 2.34. The topological polar surface area (TPSA) is 55.6 Å². The van der Waals surface area contributed by atoms with Gasteiger partial charge in [-0.1, -0.05) is 0 Å². The second-order valence-electron chi connectivity index (χ2n) is 6.26. The van der Waals surface area contributed by atoms with Crippen LogP contribution in [0.4, 0.5) is 4.79 Å². The van der Waals surface area contributed by atoms with E-state index in [1.54, 1.807) is 11.2 Å². The Hall–Kier alpha value is -1.04. The van der Waals surface area contributed by atoms with Crippen LogP contribution < -0.4 is 0 Å². The molecule has 1 fully saturated rings. The summed E-state index contributed by atoms with van der Waals surface area (Å²) in [6, 6.07) is 0.180. The lowest BCUT2D eigenvalue weighted by Gasteiger charge is -2.37. The van der Waals surface area contributed by atoms with Crippen molar-refractivity contribution in [2.45, 2.75) is 58.1 Å². The molecule has 2 heterocycles. The van der Waals surface area contributed by atoms with E-state index in [4.69, 9.17) is 9.15 Å². The number of piperidine rings is 1. The summed E-state index contributed by atoms with van der Waals surface area (Å²) < 4.78 is 11.6. The van der Waals surface area contributed by atoms with E-state index in [1.807, 2.05) is 27.7 Å². The molecule has 1 aromatic rings. The molecule has 112 valence electrons. The fourth-order valence-electron chi connectivity index (χ4n) is 2.34. The molecule has 2 rings (SSSR count). The maximum absolute atomic E-state index is 12.2. The monoisotopic (exact) mass is 344 g/mol. The lowest BCUT2D eigenvalue weighted by Crippen LogP contribution is -2.47. The van der Waals surface area contributed by atoms with Crippen molar-refractivity contribution in [3.63, 3.8) is 0 Å². The van der Waals surface area contributed by atoms with E-state index in [0.29, 0.717) is 17.0 Å². The Morgan fingerprint density at radius 1 is 1.50 bits per heavy atom. The molecule has 2 atom stereocenters. The van der Waals surface area contributed by atoms with Gasteiger partial charge in [-0.2, -0.15) is 0 Å². The average molecular weight is 345 g/mol. The fourth-order valence-corrected chi connectivity index (χ4v) is 2.61. The number of aromatic nitrogens is 1. The van der Waals surface area contributed by atoms with E-state index in [-0.39, 0.29) is 18.1 Å². The van der Waals surface area contributed by atoms with Gasteiger partial charge in [0.1, 0.15) is 16.5 Å². The minimum Gasteiger partial charge on any atom is -0.447 e. The average Bonchev–Trinajstić information content (AvgIpc) is 2.74. The van der Waals surface area contributed by atoms with Gasteiger partial charge in [0.15, 0.2) is 5.89 Å². The van der Waals surface area contributed by atoms with E-state index in [1.165, 1.54) is 0 Å². The number of hydrogen-bond acceptors (Lipinski definition) is 4. The highest BCUT2D eigenvalue weighted by molar-refractivity contribution is 9.10. The predicted octanol–water partition coefficient (Wildman–Crippen LogP) is 3.94. The molecule has 1 unspecified atom stereocenters. The van der Waals surface area contributed by atoms with Crippen molar-refractivity contribution >= 4 is 22.0 Å². The standard InChI is InChI=1S/C14H21BrN2O3/c1-9-5-6-10(12-16-11(15)8-19-12)7-17(9)13(18)20-14(2,3)4/h8-10H,5-7H2,1-4H3/t9-,10?/m1/s1. The number of hydrogen-bond donors (Lipinski definition) is 0. The maximum Gasteiger partial charge on any atom is 0.410 e. The Balaban J connectivity index is 2.06.